The molecule has 84 valence electrons. The van der Waals surface area contributed by atoms with Crippen molar-refractivity contribution in [2.45, 2.75) is 39.5 Å². The van der Waals surface area contributed by atoms with Gasteiger partial charge in [0.25, 0.3) is 0 Å². The highest BCUT2D eigenvalue weighted by atomic mass is 16.3. The molecule has 0 bridgehead atoms. The van der Waals surface area contributed by atoms with Crippen molar-refractivity contribution in [1.82, 2.24) is 0 Å². The second-order valence-corrected chi connectivity index (χ2v) is 2.91. The van der Waals surface area contributed by atoms with Crippen molar-refractivity contribution < 1.29 is 19.8 Å². The number of carbonyl (C=O) groups excluding carboxylic acids is 2. The van der Waals surface area contributed by atoms with Gasteiger partial charge < -0.3 is 10.2 Å². The third kappa shape index (κ3) is 9.35. The minimum atomic E-state index is -0.128. The predicted octanol–water partition coefficient (Wildman–Crippen LogP) is 0.696. The van der Waals surface area contributed by atoms with Gasteiger partial charge in [0.15, 0.2) is 0 Å². The molecule has 0 aliphatic rings. The molecule has 4 heteroatoms. The molecule has 14 heavy (non-hydrogen) atoms. The van der Waals surface area contributed by atoms with Crippen molar-refractivity contribution in [2.75, 3.05) is 13.2 Å². The monoisotopic (exact) mass is 204 g/mol. The molecule has 0 aromatic rings. The van der Waals surface area contributed by atoms with E-state index >= 15 is 0 Å². The molecule has 0 amide bonds. The molecule has 0 heterocycles. The summed E-state index contributed by atoms with van der Waals surface area (Å²) in [5.74, 6) is -0.256. The number of rotatable bonds is 8. The largest absolute Gasteiger partial charge is 0.396 e. The van der Waals surface area contributed by atoms with Crippen LogP contribution in [-0.2, 0) is 9.59 Å². The Kier molecular flexibility index (Phi) is 11.6. The Labute approximate surface area is 84.9 Å². The maximum Gasteiger partial charge on any atom is 0.140 e. The maximum absolute atomic E-state index is 11.0. The summed E-state index contributed by atoms with van der Waals surface area (Å²) in [7, 11) is 0. The summed E-state index contributed by atoms with van der Waals surface area (Å²) in [6.07, 6.45) is 1.32. The van der Waals surface area contributed by atoms with Gasteiger partial charge in [0.1, 0.15) is 11.6 Å². The molecule has 0 aromatic carbocycles. The number of hydrogen-bond donors (Lipinski definition) is 2. The first kappa shape index (κ1) is 15.7. The summed E-state index contributed by atoms with van der Waals surface area (Å²) in [5.41, 5.74) is 0. The zero-order valence-corrected chi connectivity index (χ0v) is 7.66. The lowest BCUT2D eigenvalue weighted by Crippen LogP contribution is -2.08. The van der Waals surface area contributed by atoms with Crippen LogP contribution in [0.3, 0.4) is 0 Å². The van der Waals surface area contributed by atoms with Crippen molar-refractivity contribution >= 4 is 11.6 Å². The molecule has 4 nitrogen and oxygen atoms in total. The standard InChI is InChI=1S/C9H16O4.CH4/c10-5-1-3-8(12)7-9(13)4-2-6-11;/h10-11H,1-7H2;1H4. The summed E-state index contributed by atoms with van der Waals surface area (Å²) >= 11 is 0. The van der Waals surface area contributed by atoms with Gasteiger partial charge in [-0.1, -0.05) is 7.43 Å². The van der Waals surface area contributed by atoms with Crippen LogP contribution in [0.15, 0.2) is 0 Å². The lowest BCUT2D eigenvalue weighted by atomic mass is 10.1. The Bertz CT molecular complexity index is 148. The Hall–Kier alpha value is -0.740. The van der Waals surface area contributed by atoms with E-state index in [1.807, 2.05) is 0 Å². The minimum Gasteiger partial charge on any atom is -0.396 e. The average molecular weight is 204 g/mol. The average Bonchev–Trinajstić information content (AvgIpc) is 2.11. The van der Waals surface area contributed by atoms with Crippen LogP contribution in [-0.4, -0.2) is 35.0 Å². The number of Topliss-reactive ketones (excluding diaryl/α,β-unsaturated/α-hetero) is 2. The Balaban J connectivity index is 0. The predicted molar refractivity (Wildman–Crippen MR) is 54.0 cm³/mol. The van der Waals surface area contributed by atoms with E-state index < -0.39 is 0 Å². The van der Waals surface area contributed by atoms with Crippen LogP contribution in [0.4, 0.5) is 0 Å². The zero-order chi connectivity index (χ0) is 10.1. The summed E-state index contributed by atoms with van der Waals surface area (Å²) in [6, 6.07) is 0. The van der Waals surface area contributed by atoms with E-state index in [1.165, 1.54) is 0 Å². The first-order valence-corrected chi connectivity index (χ1v) is 4.45. The van der Waals surface area contributed by atoms with Gasteiger partial charge in [-0.05, 0) is 12.8 Å². The molecule has 0 rings (SSSR count). The van der Waals surface area contributed by atoms with Crippen molar-refractivity contribution in [2.24, 2.45) is 0 Å². The molecule has 0 aromatic heterocycles. The van der Waals surface area contributed by atoms with Gasteiger partial charge >= 0.3 is 0 Å². The summed E-state index contributed by atoms with van der Waals surface area (Å²) in [5, 5.41) is 16.8. The molecule has 0 saturated heterocycles. The maximum atomic E-state index is 11.0. The van der Waals surface area contributed by atoms with E-state index in [0.717, 1.165) is 0 Å². The molecule has 0 fully saturated rings. The Morgan fingerprint density at radius 3 is 1.50 bits per heavy atom. The fourth-order valence-electron chi connectivity index (χ4n) is 0.949. The van der Waals surface area contributed by atoms with Crippen LogP contribution in [0.2, 0.25) is 0 Å². The van der Waals surface area contributed by atoms with E-state index in [4.69, 9.17) is 10.2 Å². The fraction of sp³-hybridized carbons (Fsp3) is 0.800. The SMILES string of the molecule is C.O=C(CCCO)CC(=O)CCCO. The second-order valence-electron chi connectivity index (χ2n) is 2.91. The van der Waals surface area contributed by atoms with E-state index in [-0.39, 0.29) is 51.5 Å². The first-order chi connectivity index (χ1) is 6.20. The number of hydrogen-bond acceptors (Lipinski definition) is 4. The minimum absolute atomic E-state index is 0. The smallest absolute Gasteiger partial charge is 0.140 e. The molecule has 0 spiro atoms. The number of ketones is 2. The molecular weight excluding hydrogens is 184 g/mol. The van der Waals surface area contributed by atoms with Crippen LogP contribution >= 0.6 is 0 Å². The zero-order valence-electron chi connectivity index (χ0n) is 7.66. The van der Waals surface area contributed by atoms with Gasteiger partial charge in [0, 0.05) is 26.1 Å². The summed E-state index contributed by atoms with van der Waals surface area (Å²) in [6.45, 7) is -0.0346. The number of carbonyl (C=O) groups is 2. The Morgan fingerprint density at radius 1 is 0.857 bits per heavy atom. The lowest BCUT2D eigenvalue weighted by molar-refractivity contribution is -0.127. The van der Waals surface area contributed by atoms with Crippen molar-refractivity contribution in [1.29, 1.82) is 0 Å². The van der Waals surface area contributed by atoms with E-state index in [2.05, 4.69) is 0 Å². The van der Waals surface area contributed by atoms with E-state index in [9.17, 15) is 9.59 Å². The molecule has 0 aliphatic heterocycles. The third-order valence-electron chi connectivity index (χ3n) is 1.62. The molecule has 0 aliphatic carbocycles. The van der Waals surface area contributed by atoms with Crippen LogP contribution in [0.25, 0.3) is 0 Å². The fourth-order valence-corrected chi connectivity index (χ4v) is 0.949. The summed E-state index contributed by atoms with van der Waals surface area (Å²) < 4.78 is 0. The third-order valence-corrected chi connectivity index (χ3v) is 1.62. The molecule has 0 radical (unpaired) electrons. The first-order valence-electron chi connectivity index (χ1n) is 4.45. The molecule has 0 atom stereocenters. The van der Waals surface area contributed by atoms with Gasteiger partial charge in [0.05, 0.1) is 6.42 Å². The lowest BCUT2D eigenvalue weighted by Gasteiger charge is -1.98. The van der Waals surface area contributed by atoms with Gasteiger partial charge in [-0.15, -0.1) is 0 Å². The normalized spacial score (nSPS) is 9.29. The van der Waals surface area contributed by atoms with Crippen LogP contribution in [0.5, 0.6) is 0 Å². The topological polar surface area (TPSA) is 74.6 Å². The quantitative estimate of drug-likeness (QED) is 0.571. The van der Waals surface area contributed by atoms with Crippen molar-refractivity contribution in [3.8, 4) is 0 Å². The van der Waals surface area contributed by atoms with E-state index in [1.54, 1.807) is 0 Å². The molecule has 0 saturated carbocycles. The van der Waals surface area contributed by atoms with Crippen molar-refractivity contribution in [3.05, 3.63) is 0 Å². The van der Waals surface area contributed by atoms with Gasteiger partial charge in [-0.25, -0.2) is 0 Å². The highest BCUT2D eigenvalue weighted by Gasteiger charge is 2.08. The van der Waals surface area contributed by atoms with Gasteiger partial charge in [-0.3, -0.25) is 9.59 Å². The van der Waals surface area contributed by atoms with Crippen LogP contribution < -0.4 is 0 Å². The van der Waals surface area contributed by atoms with Crippen LogP contribution in [0.1, 0.15) is 39.5 Å². The van der Waals surface area contributed by atoms with Gasteiger partial charge in [-0.2, -0.15) is 0 Å². The summed E-state index contributed by atoms with van der Waals surface area (Å²) in [4.78, 5) is 22.0. The molecule has 2 N–H and O–H groups in total. The van der Waals surface area contributed by atoms with Gasteiger partial charge in [0.2, 0.25) is 0 Å². The second kappa shape index (κ2) is 10.3. The molecular formula is C10H20O4. The highest BCUT2D eigenvalue weighted by molar-refractivity contribution is 5.98. The van der Waals surface area contributed by atoms with Crippen molar-refractivity contribution in [3.63, 3.8) is 0 Å². The van der Waals surface area contributed by atoms with Crippen LogP contribution in [0, 0.1) is 0 Å². The number of aliphatic hydroxyl groups is 2. The number of aliphatic hydroxyl groups excluding tert-OH is 2. The highest BCUT2D eigenvalue weighted by Crippen LogP contribution is 1.99. The Morgan fingerprint density at radius 2 is 1.21 bits per heavy atom. The van der Waals surface area contributed by atoms with E-state index in [0.29, 0.717) is 12.8 Å². The molecule has 0 unspecified atom stereocenters.